The van der Waals surface area contributed by atoms with Gasteiger partial charge in [0.2, 0.25) is 5.91 Å². The van der Waals surface area contributed by atoms with Crippen molar-refractivity contribution >= 4 is 5.91 Å². The third-order valence-electron chi connectivity index (χ3n) is 13.2. The van der Waals surface area contributed by atoms with Gasteiger partial charge in [-0.05, 0) is 51.4 Å². The summed E-state index contributed by atoms with van der Waals surface area (Å²) >= 11 is 0. The second-order valence-electron chi connectivity index (χ2n) is 19.0. The van der Waals surface area contributed by atoms with Crippen LogP contribution in [0, 0.1) is 0 Å². The first-order chi connectivity index (χ1) is 33.8. The van der Waals surface area contributed by atoms with Gasteiger partial charge in [0, 0.05) is 6.42 Å². The van der Waals surface area contributed by atoms with E-state index >= 15 is 0 Å². The maximum Gasteiger partial charge on any atom is 0.220 e. The van der Waals surface area contributed by atoms with E-state index in [1.807, 2.05) is 0 Å². The lowest BCUT2D eigenvalue weighted by Crippen LogP contribution is -2.66. The summed E-state index contributed by atoms with van der Waals surface area (Å²) in [6.45, 7) is 1.63. The van der Waals surface area contributed by atoms with Crippen molar-refractivity contribution in [3.05, 3.63) is 36.5 Å². The van der Waals surface area contributed by atoms with Crippen molar-refractivity contribution in [3.8, 4) is 0 Å². The zero-order valence-corrected chi connectivity index (χ0v) is 41.7. The fourth-order valence-corrected chi connectivity index (χ4v) is 8.79. The second-order valence-corrected chi connectivity index (χ2v) is 19.0. The highest BCUT2D eigenvalue weighted by atomic mass is 16.8. The standard InChI is InChI=1S/C51H91NO18/c1-3-5-7-9-11-12-13-14-15-16-17-18-19-20-21-22-23-25-27-29-39(57)52-34(35(56)28-26-24-10-8-6-4-2)33-65-49-45(63)42(60)47(37(31-54)67-49)70-51-46(64)43(61)48(38(32-55)68-51)69-50-44(62)41(59)40(58)36(30-53)66-50/h11-12,14-15,17-18,34-38,40-51,53-56,58-64H,3-10,13,16,19-33H2,1-2H3,(H,52,57)/b12-11-,15-14-,18-17-. The largest absolute Gasteiger partial charge is 0.394 e. The SMILES string of the molecule is CCCCC/C=C\C/C=C\C/C=C\CCCCCCCCC(=O)NC(COC1OC(CO)C(OC2OC(CO)C(OC3OC(CO)C(O)C(O)C3O)C(O)C2O)C(O)C1O)C(O)CCCCCCCC. The Kier molecular flexibility index (Phi) is 32.1. The maximum atomic E-state index is 13.2. The highest BCUT2D eigenvalue weighted by Crippen LogP contribution is 2.33. The number of unbranched alkanes of at least 4 members (excludes halogenated alkanes) is 14. The molecule has 0 aromatic rings. The van der Waals surface area contributed by atoms with Crippen LogP contribution in [0.15, 0.2) is 36.5 Å². The first kappa shape index (κ1) is 62.3. The van der Waals surface area contributed by atoms with Gasteiger partial charge < -0.3 is 89.9 Å². The van der Waals surface area contributed by atoms with Crippen molar-refractivity contribution in [1.29, 1.82) is 0 Å². The van der Waals surface area contributed by atoms with Crippen LogP contribution in [0.25, 0.3) is 0 Å². The Hall–Kier alpha value is -1.99. The van der Waals surface area contributed by atoms with Gasteiger partial charge in [0.15, 0.2) is 18.9 Å². The molecule has 408 valence electrons. The summed E-state index contributed by atoms with van der Waals surface area (Å²) < 4.78 is 34.1. The molecule has 0 aliphatic carbocycles. The molecule has 0 aromatic carbocycles. The van der Waals surface area contributed by atoms with E-state index in [0.717, 1.165) is 96.3 Å². The Balaban J connectivity index is 1.48. The maximum absolute atomic E-state index is 13.2. The Labute approximate surface area is 415 Å². The van der Waals surface area contributed by atoms with Crippen LogP contribution < -0.4 is 5.32 Å². The minimum Gasteiger partial charge on any atom is -0.394 e. The number of aliphatic hydroxyl groups excluding tert-OH is 11. The van der Waals surface area contributed by atoms with E-state index in [4.69, 9.17) is 28.4 Å². The van der Waals surface area contributed by atoms with Crippen LogP contribution in [0.5, 0.6) is 0 Å². The molecule has 0 aromatic heterocycles. The number of nitrogens with one attached hydrogen (secondary N) is 1. The Bertz CT molecular complexity index is 1440. The molecule has 17 unspecified atom stereocenters. The van der Waals surface area contributed by atoms with Crippen molar-refractivity contribution in [1.82, 2.24) is 5.32 Å². The van der Waals surface area contributed by atoms with E-state index in [1.54, 1.807) is 0 Å². The molecule has 3 rings (SSSR count). The van der Waals surface area contributed by atoms with Crippen LogP contribution in [-0.2, 0) is 33.2 Å². The summed E-state index contributed by atoms with van der Waals surface area (Å²) in [5.74, 6) is -0.264. The number of hydrogen-bond donors (Lipinski definition) is 12. The van der Waals surface area contributed by atoms with Gasteiger partial charge in [-0.1, -0.05) is 127 Å². The molecule has 0 bridgehead atoms. The molecule has 3 aliphatic heterocycles. The van der Waals surface area contributed by atoms with Gasteiger partial charge in [-0.2, -0.15) is 0 Å². The lowest BCUT2D eigenvalue weighted by molar-refractivity contribution is -0.379. The first-order valence-electron chi connectivity index (χ1n) is 26.2. The average Bonchev–Trinajstić information content (AvgIpc) is 3.35. The predicted octanol–water partition coefficient (Wildman–Crippen LogP) is 2.20. The monoisotopic (exact) mass is 1010 g/mol. The molecule has 19 nitrogen and oxygen atoms in total. The van der Waals surface area contributed by atoms with Crippen molar-refractivity contribution < 1.29 is 89.4 Å². The van der Waals surface area contributed by atoms with Crippen molar-refractivity contribution in [2.45, 2.75) is 253 Å². The van der Waals surface area contributed by atoms with E-state index in [2.05, 4.69) is 55.6 Å². The smallest absolute Gasteiger partial charge is 0.220 e. The summed E-state index contributed by atoms with van der Waals surface area (Å²) in [4.78, 5) is 13.2. The number of carbonyl (C=O) groups excluding carboxylic acids is 1. The summed E-state index contributed by atoms with van der Waals surface area (Å²) in [6, 6.07) is -0.890. The van der Waals surface area contributed by atoms with Crippen molar-refractivity contribution in [2.75, 3.05) is 26.4 Å². The molecule has 17 atom stereocenters. The number of amides is 1. The Morgan fingerprint density at radius 2 is 0.943 bits per heavy atom. The zero-order valence-electron chi connectivity index (χ0n) is 41.7. The topological polar surface area (TPSA) is 307 Å². The number of rotatable bonds is 36. The zero-order chi connectivity index (χ0) is 51.3. The molecule has 3 heterocycles. The quantitative estimate of drug-likeness (QED) is 0.0316. The van der Waals surface area contributed by atoms with Crippen LogP contribution in [0.2, 0.25) is 0 Å². The number of ether oxygens (including phenoxy) is 6. The van der Waals surface area contributed by atoms with Crippen LogP contribution in [0.3, 0.4) is 0 Å². The fourth-order valence-electron chi connectivity index (χ4n) is 8.79. The molecule has 0 spiro atoms. The molecule has 1 amide bonds. The van der Waals surface area contributed by atoms with Gasteiger partial charge in [0.25, 0.3) is 0 Å². The van der Waals surface area contributed by atoms with Gasteiger partial charge in [-0.3, -0.25) is 4.79 Å². The highest BCUT2D eigenvalue weighted by Gasteiger charge is 2.53. The highest BCUT2D eigenvalue weighted by molar-refractivity contribution is 5.76. The van der Waals surface area contributed by atoms with Crippen molar-refractivity contribution in [2.24, 2.45) is 0 Å². The summed E-state index contributed by atoms with van der Waals surface area (Å²) in [5.41, 5.74) is 0. The van der Waals surface area contributed by atoms with E-state index in [9.17, 15) is 61.0 Å². The fraction of sp³-hybridized carbons (Fsp3) is 0.863. The van der Waals surface area contributed by atoms with Crippen LogP contribution >= 0.6 is 0 Å². The predicted molar refractivity (Wildman–Crippen MR) is 259 cm³/mol. The second kappa shape index (κ2) is 36.0. The molecule has 0 saturated carbocycles. The van der Waals surface area contributed by atoms with E-state index in [0.29, 0.717) is 12.8 Å². The minimum atomic E-state index is -1.97. The van der Waals surface area contributed by atoms with E-state index < -0.39 is 124 Å². The van der Waals surface area contributed by atoms with Gasteiger partial charge in [0.1, 0.15) is 73.2 Å². The summed E-state index contributed by atoms with van der Waals surface area (Å²) in [5, 5.41) is 119. The molecule has 3 saturated heterocycles. The minimum absolute atomic E-state index is 0.250. The average molecular weight is 1010 g/mol. The van der Waals surface area contributed by atoms with Crippen LogP contribution in [-0.4, -0.2) is 193 Å². The molecule has 3 fully saturated rings. The summed E-state index contributed by atoms with van der Waals surface area (Å²) in [6.07, 6.45) is 7.23. The third kappa shape index (κ3) is 21.5. The third-order valence-corrected chi connectivity index (χ3v) is 13.2. The van der Waals surface area contributed by atoms with Crippen molar-refractivity contribution in [3.63, 3.8) is 0 Å². The molecule has 19 heteroatoms. The van der Waals surface area contributed by atoms with Crippen LogP contribution in [0.1, 0.15) is 149 Å². The number of allylic oxidation sites excluding steroid dienone is 6. The van der Waals surface area contributed by atoms with Gasteiger partial charge in [-0.25, -0.2) is 0 Å². The Morgan fingerprint density at radius 3 is 1.50 bits per heavy atom. The molecule has 3 aliphatic rings. The number of aliphatic hydroxyl groups is 11. The molecule has 70 heavy (non-hydrogen) atoms. The van der Waals surface area contributed by atoms with Gasteiger partial charge in [0.05, 0.1) is 38.6 Å². The first-order valence-corrected chi connectivity index (χ1v) is 26.2. The molecular weight excluding hydrogens is 915 g/mol. The summed E-state index contributed by atoms with van der Waals surface area (Å²) in [7, 11) is 0. The molecule has 12 N–H and O–H groups in total. The van der Waals surface area contributed by atoms with Gasteiger partial charge >= 0.3 is 0 Å². The number of hydrogen-bond acceptors (Lipinski definition) is 18. The van der Waals surface area contributed by atoms with Crippen LogP contribution in [0.4, 0.5) is 0 Å². The lowest BCUT2D eigenvalue weighted by Gasteiger charge is -2.48. The lowest BCUT2D eigenvalue weighted by atomic mass is 9.96. The van der Waals surface area contributed by atoms with E-state index in [-0.39, 0.29) is 18.9 Å². The Morgan fingerprint density at radius 1 is 0.514 bits per heavy atom. The van der Waals surface area contributed by atoms with Gasteiger partial charge in [-0.15, -0.1) is 0 Å². The normalized spacial score (nSPS) is 32.8. The number of carbonyl (C=O) groups is 1. The molecular formula is C51H91NO18. The van der Waals surface area contributed by atoms with E-state index in [1.165, 1.54) is 19.3 Å². The molecule has 0 radical (unpaired) electrons.